The molecule has 1 heterocycles. The van der Waals surface area contributed by atoms with Crippen LogP contribution in [0.3, 0.4) is 0 Å². The fourth-order valence-electron chi connectivity index (χ4n) is 2.41. The lowest BCUT2D eigenvalue weighted by molar-refractivity contribution is -0.126. The van der Waals surface area contributed by atoms with Crippen LogP contribution in [0.15, 0.2) is 18.2 Å². The molecule has 0 radical (unpaired) electrons. The predicted molar refractivity (Wildman–Crippen MR) is 102 cm³/mol. The minimum Gasteiger partial charge on any atom is -0.495 e. The molecule has 2 rings (SSSR count). The Balaban J connectivity index is 2.01. The fraction of sp³-hybridized carbons (Fsp3) is 0.412. The first kappa shape index (κ1) is 19.4. The molecule has 1 aliphatic heterocycles. The quantitative estimate of drug-likeness (QED) is 0.579. The number of nitrogens with zero attached hydrogens (tertiary/aromatic N) is 1. The van der Waals surface area contributed by atoms with Gasteiger partial charge in [0.25, 0.3) is 0 Å². The van der Waals surface area contributed by atoms with Crippen molar-refractivity contribution in [2.24, 2.45) is 0 Å². The molecule has 0 aliphatic carbocycles. The molecular weight excluding hydrogens is 360 g/mol. The molecule has 1 N–H and O–H groups in total. The van der Waals surface area contributed by atoms with Gasteiger partial charge in [-0.15, -0.1) is 0 Å². The van der Waals surface area contributed by atoms with Crippen molar-refractivity contribution in [2.45, 2.75) is 31.9 Å². The van der Waals surface area contributed by atoms with Crippen molar-refractivity contribution in [3.05, 3.63) is 23.8 Å². The standard InChI is InChI=1S/C17H20N2O4S2/c1-4-14-16(22)19(17(24)25-14)8-7-15(21)18-12-9-11(10(2)20)5-6-13(12)23-3/h5-6,9,14H,4,7-8H2,1-3H3,(H,18,21). The zero-order valence-electron chi connectivity index (χ0n) is 14.3. The lowest BCUT2D eigenvalue weighted by Gasteiger charge is -2.16. The third-order valence-electron chi connectivity index (χ3n) is 3.82. The van der Waals surface area contributed by atoms with Crippen LogP contribution in [0, 0.1) is 0 Å². The normalized spacial score (nSPS) is 16.9. The summed E-state index contributed by atoms with van der Waals surface area (Å²) < 4.78 is 5.72. The van der Waals surface area contributed by atoms with E-state index in [2.05, 4.69) is 5.32 Å². The van der Waals surface area contributed by atoms with E-state index in [9.17, 15) is 14.4 Å². The SMILES string of the molecule is CCC1SC(=S)N(CCC(=O)Nc2cc(C(C)=O)ccc2OC)C1=O. The molecule has 1 aromatic rings. The molecule has 1 atom stereocenters. The van der Waals surface area contributed by atoms with E-state index in [1.807, 2.05) is 6.92 Å². The maximum Gasteiger partial charge on any atom is 0.241 e. The van der Waals surface area contributed by atoms with E-state index in [-0.39, 0.29) is 35.8 Å². The first-order valence-corrected chi connectivity index (χ1v) is 9.17. The summed E-state index contributed by atoms with van der Waals surface area (Å²) in [6.07, 6.45) is 0.817. The van der Waals surface area contributed by atoms with E-state index in [4.69, 9.17) is 17.0 Å². The van der Waals surface area contributed by atoms with Crippen LogP contribution in [0.5, 0.6) is 5.75 Å². The molecule has 1 saturated heterocycles. The minimum absolute atomic E-state index is 0.0403. The van der Waals surface area contributed by atoms with Crippen molar-refractivity contribution in [2.75, 3.05) is 19.0 Å². The van der Waals surface area contributed by atoms with Gasteiger partial charge in [-0.25, -0.2) is 0 Å². The zero-order chi connectivity index (χ0) is 18.6. The molecule has 0 saturated carbocycles. The highest BCUT2D eigenvalue weighted by atomic mass is 32.2. The Morgan fingerprint density at radius 1 is 1.40 bits per heavy atom. The van der Waals surface area contributed by atoms with Crippen molar-refractivity contribution in [3.8, 4) is 5.75 Å². The van der Waals surface area contributed by atoms with Gasteiger partial charge in [-0.05, 0) is 31.5 Å². The molecule has 1 unspecified atom stereocenters. The van der Waals surface area contributed by atoms with Gasteiger partial charge in [-0.2, -0.15) is 0 Å². The first-order chi connectivity index (χ1) is 11.9. The van der Waals surface area contributed by atoms with Crippen molar-refractivity contribution >= 4 is 51.6 Å². The molecule has 1 aromatic carbocycles. The number of anilines is 1. The Kier molecular flexibility index (Phi) is 6.55. The number of ether oxygens (including phenoxy) is 1. The first-order valence-electron chi connectivity index (χ1n) is 7.88. The number of amides is 2. The van der Waals surface area contributed by atoms with Gasteiger partial charge in [-0.1, -0.05) is 30.9 Å². The number of thioether (sulfide) groups is 1. The second-order valence-corrected chi connectivity index (χ2v) is 7.38. The number of carbonyl (C=O) groups excluding carboxylic acids is 3. The second kappa shape index (κ2) is 8.44. The average molecular weight is 380 g/mol. The smallest absolute Gasteiger partial charge is 0.241 e. The van der Waals surface area contributed by atoms with Gasteiger partial charge in [0.1, 0.15) is 10.1 Å². The van der Waals surface area contributed by atoms with Crippen molar-refractivity contribution in [3.63, 3.8) is 0 Å². The largest absolute Gasteiger partial charge is 0.495 e. The number of ketones is 1. The van der Waals surface area contributed by atoms with Crippen LogP contribution in [-0.4, -0.2) is 45.7 Å². The Morgan fingerprint density at radius 3 is 2.68 bits per heavy atom. The Morgan fingerprint density at radius 2 is 2.12 bits per heavy atom. The highest BCUT2D eigenvalue weighted by molar-refractivity contribution is 8.24. The summed E-state index contributed by atoms with van der Waals surface area (Å²) in [5, 5.41) is 2.58. The van der Waals surface area contributed by atoms with Gasteiger partial charge < -0.3 is 10.1 Å². The minimum atomic E-state index is -0.278. The van der Waals surface area contributed by atoms with Crippen molar-refractivity contribution in [1.29, 1.82) is 0 Å². The lowest BCUT2D eigenvalue weighted by Crippen LogP contribution is -2.34. The monoisotopic (exact) mass is 380 g/mol. The number of methoxy groups -OCH3 is 1. The average Bonchev–Trinajstić information content (AvgIpc) is 2.86. The molecule has 1 fully saturated rings. The maximum atomic E-state index is 12.2. The number of rotatable bonds is 7. The molecule has 6 nitrogen and oxygen atoms in total. The van der Waals surface area contributed by atoms with Crippen LogP contribution in [-0.2, 0) is 9.59 Å². The van der Waals surface area contributed by atoms with Crippen LogP contribution in [0.2, 0.25) is 0 Å². The number of nitrogens with one attached hydrogen (secondary N) is 1. The highest BCUT2D eigenvalue weighted by Crippen LogP contribution is 2.30. The summed E-state index contributed by atoms with van der Waals surface area (Å²) in [6.45, 7) is 3.62. The Hall–Kier alpha value is -1.93. The molecule has 25 heavy (non-hydrogen) atoms. The van der Waals surface area contributed by atoms with Crippen LogP contribution < -0.4 is 10.1 Å². The molecular formula is C17H20N2O4S2. The van der Waals surface area contributed by atoms with E-state index < -0.39 is 0 Å². The van der Waals surface area contributed by atoms with Crippen LogP contribution >= 0.6 is 24.0 Å². The van der Waals surface area contributed by atoms with Crippen molar-refractivity contribution < 1.29 is 19.1 Å². The predicted octanol–water partition coefficient (Wildman–Crippen LogP) is 2.87. The van der Waals surface area contributed by atoms with Gasteiger partial charge in [0.05, 0.1) is 18.0 Å². The maximum absolute atomic E-state index is 12.2. The lowest BCUT2D eigenvalue weighted by atomic mass is 10.1. The van der Waals surface area contributed by atoms with E-state index in [1.54, 1.807) is 18.2 Å². The van der Waals surface area contributed by atoms with Gasteiger partial charge in [-0.3, -0.25) is 19.3 Å². The number of hydrogen-bond acceptors (Lipinski definition) is 6. The molecule has 134 valence electrons. The van der Waals surface area contributed by atoms with Gasteiger partial charge in [0, 0.05) is 18.5 Å². The third-order valence-corrected chi connectivity index (χ3v) is 5.57. The number of carbonyl (C=O) groups is 3. The Bertz CT molecular complexity index is 721. The molecule has 0 bridgehead atoms. The number of thiocarbonyl (C=S) groups is 1. The van der Waals surface area contributed by atoms with Gasteiger partial charge in [0.15, 0.2) is 5.78 Å². The van der Waals surface area contributed by atoms with E-state index in [1.165, 1.54) is 30.7 Å². The molecule has 0 aromatic heterocycles. The summed E-state index contributed by atoms with van der Waals surface area (Å²) in [6, 6.07) is 4.85. The van der Waals surface area contributed by atoms with E-state index in [0.717, 1.165) is 0 Å². The highest BCUT2D eigenvalue weighted by Gasteiger charge is 2.35. The second-order valence-electron chi connectivity index (χ2n) is 5.54. The Labute approximate surface area is 156 Å². The summed E-state index contributed by atoms with van der Waals surface area (Å²) >= 11 is 6.57. The van der Waals surface area contributed by atoms with E-state index >= 15 is 0 Å². The summed E-state index contributed by atoms with van der Waals surface area (Å²) in [4.78, 5) is 37.4. The molecule has 2 amide bonds. The number of hydrogen-bond donors (Lipinski definition) is 1. The summed E-state index contributed by atoms with van der Waals surface area (Å²) in [7, 11) is 1.49. The third kappa shape index (κ3) is 4.58. The van der Waals surface area contributed by atoms with Gasteiger partial charge >= 0.3 is 0 Å². The topological polar surface area (TPSA) is 75.7 Å². The van der Waals surface area contributed by atoms with Gasteiger partial charge in [0.2, 0.25) is 11.8 Å². The molecule has 0 spiro atoms. The van der Waals surface area contributed by atoms with Crippen LogP contribution in [0.1, 0.15) is 37.0 Å². The van der Waals surface area contributed by atoms with E-state index in [0.29, 0.717) is 27.7 Å². The van der Waals surface area contributed by atoms with Crippen LogP contribution in [0.25, 0.3) is 0 Å². The van der Waals surface area contributed by atoms with Crippen LogP contribution in [0.4, 0.5) is 5.69 Å². The zero-order valence-corrected chi connectivity index (χ0v) is 16.0. The van der Waals surface area contributed by atoms with Crippen molar-refractivity contribution in [1.82, 2.24) is 4.90 Å². The fourth-order valence-corrected chi connectivity index (χ4v) is 3.89. The summed E-state index contributed by atoms with van der Waals surface area (Å²) in [5.41, 5.74) is 0.908. The number of Topliss-reactive ketones (excluding diaryl/α,β-unsaturated/α-hetero) is 1. The molecule has 1 aliphatic rings. The summed E-state index contributed by atoms with van der Waals surface area (Å²) in [5.74, 6) is 0.0440. The molecule has 8 heteroatoms. The number of benzene rings is 1.